The maximum absolute atomic E-state index is 11.8. The van der Waals surface area contributed by atoms with Crippen molar-refractivity contribution in [2.75, 3.05) is 0 Å². The average molecular weight is 279 g/mol. The summed E-state index contributed by atoms with van der Waals surface area (Å²) < 4.78 is 0. The second-order valence-electron chi connectivity index (χ2n) is 4.64. The van der Waals surface area contributed by atoms with Crippen molar-refractivity contribution in [1.82, 2.24) is 0 Å². The summed E-state index contributed by atoms with van der Waals surface area (Å²) >= 11 is 0. The number of fused-ring (bicyclic) bond motifs is 1. The zero-order valence-corrected chi connectivity index (χ0v) is 11.2. The van der Waals surface area contributed by atoms with Gasteiger partial charge in [0.15, 0.2) is 11.5 Å². The van der Waals surface area contributed by atoms with Crippen LogP contribution in [0.1, 0.15) is 21.5 Å². The summed E-state index contributed by atoms with van der Waals surface area (Å²) in [5.74, 6) is -0.406. The molecule has 0 saturated heterocycles. The quantitative estimate of drug-likeness (QED) is 0.877. The normalized spacial score (nSPS) is 15.5. The molecule has 2 aromatic rings. The minimum absolute atomic E-state index is 0.174. The number of carbonyl (C=O) groups is 1. The smallest absolute Gasteiger partial charge is 0.190 e. The Morgan fingerprint density at radius 3 is 2.38 bits per heavy atom. The Morgan fingerprint density at radius 1 is 0.952 bits per heavy atom. The van der Waals surface area contributed by atoms with Crippen molar-refractivity contribution in [2.24, 2.45) is 5.16 Å². The highest BCUT2D eigenvalue weighted by Gasteiger charge is 2.23. The van der Waals surface area contributed by atoms with Gasteiger partial charge in [-0.05, 0) is 5.56 Å². The van der Waals surface area contributed by atoms with Crippen LogP contribution in [0.2, 0.25) is 0 Å². The molecule has 0 unspecified atom stereocenters. The zero-order chi connectivity index (χ0) is 14.7. The summed E-state index contributed by atoms with van der Waals surface area (Å²) in [6, 6.07) is 16.6. The summed E-state index contributed by atoms with van der Waals surface area (Å²) in [4.78, 5) is 17.1. The van der Waals surface area contributed by atoms with Gasteiger partial charge in [0.1, 0.15) is 12.4 Å². The van der Waals surface area contributed by atoms with Gasteiger partial charge in [-0.2, -0.15) is 0 Å². The summed E-state index contributed by atoms with van der Waals surface area (Å²) in [6.07, 6.45) is 1.16. The van der Waals surface area contributed by atoms with Crippen molar-refractivity contribution in [1.29, 1.82) is 0 Å². The van der Waals surface area contributed by atoms with Crippen LogP contribution >= 0.6 is 0 Å². The SMILES string of the molecule is O=C1C=C(O)C(=NOCc2ccccc2)c2ccccc21. The molecule has 0 saturated carbocycles. The van der Waals surface area contributed by atoms with Crippen molar-refractivity contribution in [3.63, 3.8) is 0 Å². The van der Waals surface area contributed by atoms with E-state index in [4.69, 9.17) is 4.84 Å². The number of aliphatic hydroxyl groups excluding tert-OH is 1. The molecule has 104 valence electrons. The third-order valence-electron chi connectivity index (χ3n) is 3.19. The molecule has 0 aromatic heterocycles. The number of nitrogens with zero attached hydrogens (tertiary/aromatic N) is 1. The van der Waals surface area contributed by atoms with Crippen LogP contribution in [0.25, 0.3) is 0 Å². The Labute approximate surface area is 122 Å². The Bertz CT molecular complexity index is 733. The molecule has 0 aliphatic heterocycles. The van der Waals surface area contributed by atoms with Crippen molar-refractivity contribution in [3.05, 3.63) is 83.1 Å². The van der Waals surface area contributed by atoms with Crippen molar-refractivity contribution in [2.45, 2.75) is 6.61 Å². The van der Waals surface area contributed by atoms with E-state index in [9.17, 15) is 9.90 Å². The van der Waals surface area contributed by atoms with Crippen molar-refractivity contribution >= 4 is 11.5 Å². The van der Waals surface area contributed by atoms with E-state index in [0.717, 1.165) is 11.6 Å². The van der Waals surface area contributed by atoms with Gasteiger partial charge in [0.25, 0.3) is 0 Å². The largest absolute Gasteiger partial charge is 0.505 e. The number of hydrogen-bond acceptors (Lipinski definition) is 4. The first-order valence-electron chi connectivity index (χ1n) is 6.54. The molecular formula is C17H13NO3. The fourth-order valence-electron chi connectivity index (χ4n) is 2.15. The highest BCUT2D eigenvalue weighted by atomic mass is 16.6. The Kier molecular flexibility index (Phi) is 3.51. The average Bonchev–Trinajstić information content (AvgIpc) is 2.51. The molecule has 0 heterocycles. The van der Waals surface area contributed by atoms with Gasteiger partial charge in [0.05, 0.1) is 0 Å². The highest BCUT2D eigenvalue weighted by molar-refractivity contribution is 6.25. The van der Waals surface area contributed by atoms with Gasteiger partial charge in [0.2, 0.25) is 0 Å². The molecule has 0 amide bonds. The van der Waals surface area contributed by atoms with Gasteiger partial charge < -0.3 is 9.94 Å². The lowest BCUT2D eigenvalue weighted by atomic mass is 9.93. The number of ketones is 1. The van der Waals surface area contributed by atoms with Crippen LogP contribution in [-0.4, -0.2) is 16.6 Å². The molecule has 0 radical (unpaired) electrons. The van der Waals surface area contributed by atoms with Crippen LogP contribution in [0.5, 0.6) is 0 Å². The summed E-state index contributed by atoms with van der Waals surface area (Å²) in [5.41, 5.74) is 2.35. The Hall–Kier alpha value is -2.88. The van der Waals surface area contributed by atoms with E-state index in [0.29, 0.717) is 17.7 Å². The van der Waals surface area contributed by atoms with Gasteiger partial charge in [-0.15, -0.1) is 0 Å². The highest BCUT2D eigenvalue weighted by Crippen LogP contribution is 2.20. The van der Waals surface area contributed by atoms with Gasteiger partial charge in [-0.1, -0.05) is 59.8 Å². The van der Waals surface area contributed by atoms with Crippen LogP contribution in [-0.2, 0) is 11.4 Å². The van der Waals surface area contributed by atoms with Crippen LogP contribution in [0.3, 0.4) is 0 Å². The molecule has 1 N–H and O–H groups in total. The summed E-state index contributed by atoms with van der Waals surface area (Å²) in [7, 11) is 0. The maximum atomic E-state index is 11.8. The topological polar surface area (TPSA) is 58.9 Å². The fourth-order valence-corrected chi connectivity index (χ4v) is 2.15. The van der Waals surface area contributed by atoms with Gasteiger partial charge in [-0.3, -0.25) is 4.79 Å². The van der Waals surface area contributed by atoms with E-state index in [-0.39, 0.29) is 17.3 Å². The van der Waals surface area contributed by atoms with E-state index >= 15 is 0 Å². The summed E-state index contributed by atoms with van der Waals surface area (Å²) in [6.45, 7) is 0.299. The Balaban J connectivity index is 1.85. The first kappa shape index (κ1) is 13.1. The summed E-state index contributed by atoms with van der Waals surface area (Å²) in [5, 5.41) is 13.9. The molecule has 1 aliphatic rings. The van der Waals surface area contributed by atoms with Crippen LogP contribution in [0.4, 0.5) is 0 Å². The standard InChI is InChI=1S/C17H13NO3/c19-15-10-16(20)17(14-9-5-4-8-13(14)15)18-21-11-12-6-2-1-3-7-12/h1-10,20H,11H2. The lowest BCUT2D eigenvalue weighted by molar-refractivity contribution is 0.104. The van der Waals surface area contributed by atoms with E-state index in [1.165, 1.54) is 0 Å². The molecule has 1 aliphatic carbocycles. The third-order valence-corrected chi connectivity index (χ3v) is 3.19. The first-order chi connectivity index (χ1) is 10.3. The van der Waals surface area contributed by atoms with Gasteiger partial charge in [0, 0.05) is 17.2 Å². The third kappa shape index (κ3) is 2.69. The van der Waals surface area contributed by atoms with Crippen LogP contribution < -0.4 is 0 Å². The van der Waals surface area contributed by atoms with E-state index < -0.39 is 0 Å². The van der Waals surface area contributed by atoms with E-state index in [2.05, 4.69) is 5.16 Å². The Morgan fingerprint density at radius 2 is 1.62 bits per heavy atom. The molecule has 21 heavy (non-hydrogen) atoms. The van der Waals surface area contributed by atoms with Crippen molar-refractivity contribution in [3.8, 4) is 0 Å². The molecule has 3 rings (SSSR count). The van der Waals surface area contributed by atoms with Gasteiger partial charge in [-0.25, -0.2) is 0 Å². The number of allylic oxidation sites excluding steroid dienone is 2. The van der Waals surface area contributed by atoms with Crippen LogP contribution in [0.15, 0.2) is 71.6 Å². The molecular weight excluding hydrogens is 266 g/mol. The predicted octanol–water partition coefficient (Wildman–Crippen LogP) is 3.25. The van der Waals surface area contributed by atoms with E-state index in [1.54, 1.807) is 24.3 Å². The lowest BCUT2D eigenvalue weighted by Gasteiger charge is -2.14. The number of rotatable bonds is 3. The lowest BCUT2D eigenvalue weighted by Crippen LogP contribution is -2.17. The van der Waals surface area contributed by atoms with Crippen LogP contribution in [0, 0.1) is 0 Å². The molecule has 4 nitrogen and oxygen atoms in total. The molecule has 2 aromatic carbocycles. The fraction of sp³-hybridized carbons (Fsp3) is 0.0588. The molecule has 0 spiro atoms. The number of carbonyl (C=O) groups excluding carboxylic acids is 1. The zero-order valence-electron chi connectivity index (χ0n) is 11.2. The minimum atomic E-state index is -0.231. The van der Waals surface area contributed by atoms with Crippen molar-refractivity contribution < 1.29 is 14.7 Å². The monoisotopic (exact) mass is 279 g/mol. The minimum Gasteiger partial charge on any atom is -0.505 e. The molecule has 0 atom stereocenters. The predicted molar refractivity (Wildman–Crippen MR) is 79.3 cm³/mol. The van der Waals surface area contributed by atoms with Gasteiger partial charge >= 0.3 is 0 Å². The number of aliphatic hydroxyl groups is 1. The molecule has 4 heteroatoms. The number of benzene rings is 2. The number of hydrogen-bond donors (Lipinski definition) is 1. The molecule has 0 fully saturated rings. The van der Waals surface area contributed by atoms with E-state index in [1.807, 2.05) is 30.3 Å². The second kappa shape index (κ2) is 5.63. The second-order valence-corrected chi connectivity index (χ2v) is 4.64. The maximum Gasteiger partial charge on any atom is 0.190 e. The first-order valence-corrected chi connectivity index (χ1v) is 6.54. The number of oxime groups is 1. The molecule has 0 bridgehead atoms.